The number of halogens is 3. The highest BCUT2D eigenvalue weighted by molar-refractivity contribution is 5.60. The number of nitro groups is 1. The third kappa shape index (κ3) is 2.69. The lowest BCUT2D eigenvalue weighted by Gasteiger charge is -2.40. The zero-order chi connectivity index (χ0) is 14.9. The van der Waals surface area contributed by atoms with Crippen molar-refractivity contribution < 1.29 is 18.1 Å². The molecule has 1 aromatic rings. The molecule has 0 saturated carbocycles. The molecule has 1 aliphatic rings. The van der Waals surface area contributed by atoms with Crippen molar-refractivity contribution >= 4 is 11.4 Å². The van der Waals surface area contributed by atoms with Gasteiger partial charge in [0, 0.05) is 37.5 Å². The van der Waals surface area contributed by atoms with E-state index in [9.17, 15) is 23.3 Å². The molecule has 5 nitrogen and oxygen atoms in total. The molecule has 0 unspecified atom stereocenters. The lowest BCUT2D eigenvalue weighted by molar-refractivity contribution is -0.385. The van der Waals surface area contributed by atoms with E-state index in [0.29, 0.717) is 25.7 Å². The Morgan fingerprint density at radius 3 is 2.50 bits per heavy atom. The van der Waals surface area contributed by atoms with Gasteiger partial charge >= 0.3 is 6.18 Å². The van der Waals surface area contributed by atoms with Crippen LogP contribution in [0.5, 0.6) is 0 Å². The fourth-order valence-corrected chi connectivity index (χ4v) is 2.23. The first-order valence-corrected chi connectivity index (χ1v) is 6.17. The van der Waals surface area contributed by atoms with Gasteiger partial charge in [-0.05, 0) is 13.0 Å². The SMILES string of the molecule is CCN(c1ccc([N+](=O)[O-])cc1C(F)(F)F)C1CNC1. The maximum absolute atomic E-state index is 13.1. The van der Waals surface area contributed by atoms with Gasteiger partial charge in [-0.3, -0.25) is 10.1 Å². The van der Waals surface area contributed by atoms with Crippen LogP contribution in [-0.4, -0.2) is 30.6 Å². The standard InChI is InChI=1S/C12H14F3N3O2/c1-2-17(9-6-16-7-9)11-4-3-8(18(19)20)5-10(11)12(13,14)15/h3-5,9,16H,2,6-7H2,1H3. The number of alkyl halides is 3. The van der Waals surface area contributed by atoms with Gasteiger partial charge in [-0.2, -0.15) is 13.2 Å². The molecule has 1 aliphatic heterocycles. The van der Waals surface area contributed by atoms with E-state index >= 15 is 0 Å². The summed E-state index contributed by atoms with van der Waals surface area (Å²) < 4.78 is 39.3. The van der Waals surface area contributed by atoms with Gasteiger partial charge in [0.25, 0.3) is 5.69 Å². The summed E-state index contributed by atoms with van der Waals surface area (Å²) in [6, 6.07) is 2.88. The summed E-state index contributed by atoms with van der Waals surface area (Å²) in [5, 5.41) is 13.6. The molecule has 0 amide bonds. The molecule has 20 heavy (non-hydrogen) atoms. The zero-order valence-corrected chi connectivity index (χ0v) is 10.8. The number of anilines is 1. The molecule has 0 atom stereocenters. The lowest BCUT2D eigenvalue weighted by Crippen LogP contribution is -2.57. The summed E-state index contributed by atoms with van der Waals surface area (Å²) in [6.45, 7) is 3.40. The first kappa shape index (κ1) is 14.6. The fraction of sp³-hybridized carbons (Fsp3) is 0.500. The fourth-order valence-electron chi connectivity index (χ4n) is 2.23. The topological polar surface area (TPSA) is 58.4 Å². The predicted molar refractivity (Wildman–Crippen MR) is 67.8 cm³/mol. The van der Waals surface area contributed by atoms with Gasteiger partial charge in [-0.25, -0.2) is 0 Å². The van der Waals surface area contributed by atoms with E-state index < -0.39 is 22.4 Å². The van der Waals surface area contributed by atoms with Gasteiger partial charge < -0.3 is 10.2 Å². The van der Waals surface area contributed by atoms with E-state index in [4.69, 9.17) is 0 Å². The number of hydrogen-bond donors (Lipinski definition) is 1. The second-order valence-electron chi connectivity index (χ2n) is 4.55. The maximum Gasteiger partial charge on any atom is 0.418 e. The quantitative estimate of drug-likeness (QED) is 0.683. The van der Waals surface area contributed by atoms with E-state index in [1.807, 2.05) is 0 Å². The molecule has 2 rings (SSSR count). The highest BCUT2D eigenvalue weighted by atomic mass is 19.4. The summed E-state index contributed by atoms with van der Waals surface area (Å²) in [5.74, 6) is 0. The van der Waals surface area contributed by atoms with E-state index in [1.165, 1.54) is 6.07 Å². The molecule has 0 bridgehead atoms. The van der Waals surface area contributed by atoms with Crippen molar-refractivity contribution in [2.45, 2.75) is 19.1 Å². The number of rotatable bonds is 4. The van der Waals surface area contributed by atoms with Crippen LogP contribution in [0.2, 0.25) is 0 Å². The summed E-state index contributed by atoms with van der Waals surface area (Å²) in [4.78, 5) is 11.5. The van der Waals surface area contributed by atoms with E-state index in [1.54, 1.807) is 11.8 Å². The number of non-ortho nitro benzene ring substituents is 1. The van der Waals surface area contributed by atoms with Gasteiger partial charge in [0.15, 0.2) is 0 Å². The average molecular weight is 289 g/mol. The molecule has 1 fully saturated rings. The Bertz CT molecular complexity index is 515. The maximum atomic E-state index is 13.1. The summed E-state index contributed by atoms with van der Waals surface area (Å²) >= 11 is 0. The molecule has 1 saturated heterocycles. The van der Waals surface area contributed by atoms with Crippen LogP contribution in [0.4, 0.5) is 24.5 Å². The minimum atomic E-state index is -4.62. The normalized spacial score (nSPS) is 15.8. The molecule has 1 aromatic carbocycles. The molecule has 8 heteroatoms. The van der Waals surface area contributed by atoms with E-state index in [-0.39, 0.29) is 11.7 Å². The number of benzene rings is 1. The molecule has 1 heterocycles. The number of nitrogens with one attached hydrogen (secondary N) is 1. The van der Waals surface area contributed by atoms with Crippen molar-refractivity contribution in [1.82, 2.24) is 5.32 Å². The molecule has 110 valence electrons. The largest absolute Gasteiger partial charge is 0.418 e. The first-order chi connectivity index (χ1) is 9.34. The predicted octanol–water partition coefficient (Wildman–Crippen LogP) is 2.41. The van der Waals surface area contributed by atoms with Crippen molar-refractivity contribution in [3.63, 3.8) is 0 Å². The van der Waals surface area contributed by atoms with Crippen LogP contribution in [0.1, 0.15) is 12.5 Å². The third-order valence-corrected chi connectivity index (χ3v) is 3.35. The van der Waals surface area contributed by atoms with Crippen molar-refractivity contribution in [3.05, 3.63) is 33.9 Å². The number of likely N-dealkylation sites (N-methyl/N-ethyl adjacent to an activating group) is 1. The van der Waals surface area contributed by atoms with Crippen LogP contribution in [0.15, 0.2) is 18.2 Å². The minimum absolute atomic E-state index is 0.00269. The summed E-state index contributed by atoms with van der Waals surface area (Å²) in [6.07, 6.45) is -4.62. The summed E-state index contributed by atoms with van der Waals surface area (Å²) in [7, 11) is 0. The van der Waals surface area contributed by atoms with Crippen molar-refractivity contribution in [2.75, 3.05) is 24.5 Å². The Kier molecular flexibility index (Phi) is 3.85. The molecular weight excluding hydrogens is 275 g/mol. The van der Waals surface area contributed by atoms with Crippen LogP contribution in [0.3, 0.4) is 0 Å². The number of nitrogens with zero attached hydrogens (tertiary/aromatic N) is 2. The Labute approximate surface area is 113 Å². The van der Waals surface area contributed by atoms with Crippen LogP contribution < -0.4 is 10.2 Å². The molecule has 0 aliphatic carbocycles. The number of hydrogen-bond acceptors (Lipinski definition) is 4. The molecule has 0 aromatic heterocycles. The summed E-state index contributed by atoms with van der Waals surface area (Å²) in [5.41, 5.74) is -1.51. The van der Waals surface area contributed by atoms with Gasteiger partial charge in [-0.15, -0.1) is 0 Å². The molecular formula is C12H14F3N3O2. The first-order valence-electron chi connectivity index (χ1n) is 6.17. The monoisotopic (exact) mass is 289 g/mol. The van der Waals surface area contributed by atoms with Gasteiger partial charge in [0.1, 0.15) is 0 Å². The van der Waals surface area contributed by atoms with Gasteiger partial charge in [-0.1, -0.05) is 0 Å². The molecule has 0 spiro atoms. The van der Waals surface area contributed by atoms with Crippen LogP contribution in [-0.2, 0) is 6.18 Å². The molecule has 1 N–H and O–H groups in total. The van der Waals surface area contributed by atoms with Gasteiger partial charge in [0.2, 0.25) is 0 Å². The number of nitro benzene ring substituents is 1. The van der Waals surface area contributed by atoms with E-state index in [2.05, 4.69) is 5.32 Å². The van der Waals surface area contributed by atoms with E-state index in [0.717, 1.165) is 6.07 Å². The van der Waals surface area contributed by atoms with Crippen LogP contribution in [0, 0.1) is 10.1 Å². The third-order valence-electron chi connectivity index (χ3n) is 3.35. The van der Waals surface area contributed by atoms with Crippen molar-refractivity contribution in [3.8, 4) is 0 Å². The Balaban J connectivity index is 2.47. The van der Waals surface area contributed by atoms with Gasteiger partial charge in [0.05, 0.1) is 16.5 Å². The Morgan fingerprint density at radius 1 is 1.45 bits per heavy atom. The highest BCUT2D eigenvalue weighted by Gasteiger charge is 2.38. The van der Waals surface area contributed by atoms with Crippen LogP contribution in [0.25, 0.3) is 0 Å². The average Bonchev–Trinajstić information content (AvgIpc) is 2.31. The minimum Gasteiger partial charge on any atom is -0.366 e. The lowest BCUT2D eigenvalue weighted by atomic mass is 10.1. The zero-order valence-electron chi connectivity index (χ0n) is 10.8. The smallest absolute Gasteiger partial charge is 0.366 e. The highest BCUT2D eigenvalue weighted by Crippen LogP contribution is 2.39. The molecule has 0 radical (unpaired) electrons. The Morgan fingerprint density at radius 2 is 2.10 bits per heavy atom. The second-order valence-corrected chi connectivity index (χ2v) is 4.55. The Hall–Kier alpha value is -1.83. The van der Waals surface area contributed by atoms with Crippen molar-refractivity contribution in [1.29, 1.82) is 0 Å². The van der Waals surface area contributed by atoms with Crippen molar-refractivity contribution in [2.24, 2.45) is 0 Å². The second kappa shape index (κ2) is 5.28. The van der Waals surface area contributed by atoms with Crippen LogP contribution >= 0.6 is 0 Å².